The molecule has 0 aliphatic carbocycles. The molecule has 0 aliphatic heterocycles. The zero-order chi connectivity index (χ0) is 13.2. The van der Waals surface area contributed by atoms with Gasteiger partial charge in [0.1, 0.15) is 0 Å². The second kappa shape index (κ2) is 4.77. The highest BCUT2D eigenvalue weighted by atomic mass is 16.1. The number of benzene rings is 2. The summed E-state index contributed by atoms with van der Waals surface area (Å²) in [5, 5.41) is 0. The summed E-state index contributed by atoms with van der Waals surface area (Å²) in [5.74, 6) is 0.0983. The number of hydrogen-bond acceptors (Lipinski definition) is 1. The molecule has 2 rings (SSSR count). The Balaban J connectivity index is 2.50. The molecule has 0 saturated heterocycles. The molecule has 0 bridgehead atoms. The maximum atomic E-state index is 12.5. The number of hydrogen-bond donors (Lipinski definition) is 0. The van der Waals surface area contributed by atoms with Crippen molar-refractivity contribution in [2.24, 2.45) is 0 Å². The van der Waals surface area contributed by atoms with Crippen LogP contribution >= 0.6 is 0 Å². The molecule has 0 saturated carbocycles. The van der Waals surface area contributed by atoms with Crippen LogP contribution in [0.4, 0.5) is 0 Å². The predicted octanol–water partition coefficient (Wildman–Crippen LogP) is 4.22. The lowest BCUT2D eigenvalue weighted by Gasteiger charge is -2.22. The van der Waals surface area contributed by atoms with Crippen molar-refractivity contribution in [2.75, 3.05) is 0 Å². The third-order valence-corrected chi connectivity index (χ3v) is 3.02. The van der Waals surface area contributed by atoms with Crippen LogP contribution in [0.1, 0.15) is 42.3 Å². The summed E-state index contributed by atoms with van der Waals surface area (Å²) in [4.78, 5) is 12.5. The van der Waals surface area contributed by atoms with Gasteiger partial charge in [0.05, 0.1) is 0 Å². The maximum absolute atomic E-state index is 12.5. The van der Waals surface area contributed by atoms with E-state index in [2.05, 4.69) is 20.8 Å². The molecule has 0 amide bonds. The fraction of sp³-hybridized carbons (Fsp3) is 0.235. The van der Waals surface area contributed by atoms with Crippen molar-refractivity contribution >= 4 is 5.78 Å². The highest BCUT2D eigenvalue weighted by Crippen LogP contribution is 2.27. The molecule has 0 heterocycles. The smallest absolute Gasteiger partial charge is 0.193 e. The van der Waals surface area contributed by atoms with Crippen LogP contribution in [-0.4, -0.2) is 5.78 Å². The summed E-state index contributed by atoms with van der Waals surface area (Å²) in [6.07, 6.45) is 0. The van der Waals surface area contributed by atoms with Crippen molar-refractivity contribution in [2.45, 2.75) is 26.2 Å². The zero-order valence-corrected chi connectivity index (χ0v) is 11.1. The van der Waals surface area contributed by atoms with Gasteiger partial charge in [0.25, 0.3) is 0 Å². The summed E-state index contributed by atoms with van der Waals surface area (Å²) < 4.78 is 0. The molecule has 0 aromatic heterocycles. The van der Waals surface area contributed by atoms with E-state index in [1.54, 1.807) is 0 Å². The molecular formula is C17H18O. The van der Waals surface area contributed by atoms with Crippen molar-refractivity contribution in [3.8, 4) is 0 Å². The maximum Gasteiger partial charge on any atom is 0.193 e. The molecule has 18 heavy (non-hydrogen) atoms. The first-order valence-corrected chi connectivity index (χ1v) is 6.19. The molecule has 2 aromatic carbocycles. The summed E-state index contributed by atoms with van der Waals surface area (Å²) in [7, 11) is 0. The Hall–Kier alpha value is -1.89. The van der Waals surface area contributed by atoms with Crippen LogP contribution in [0.15, 0.2) is 54.6 Å². The van der Waals surface area contributed by atoms with Gasteiger partial charge in [0.2, 0.25) is 0 Å². The molecule has 0 atom stereocenters. The van der Waals surface area contributed by atoms with Gasteiger partial charge in [-0.1, -0.05) is 75.4 Å². The zero-order valence-electron chi connectivity index (χ0n) is 11.1. The summed E-state index contributed by atoms with van der Waals surface area (Å²) in [5.41, 5.74) is 2.62. The van der Waals surface area contributed by atoms with E-state index in [9.17, 15) is 4.79 Å². The lowest BCUT2D eigenvalue weighted by atomic mass is 9.82. The van der Waals surface area contributed by atoms with E-state index in [-0.39, 0.29) is 11.2 Å². The Kier molecular flexibility index (Phi) is 3.33. The van der Waals surface area contributed by atoms with Crippen molar-refractivity contribution < 1.29 is 4.79 Å². The molecule has 0 fully saturated rings. The molecule has 2 aromatic rings. The lowest BCUT2D eigenvalue weighted by molar-refractivity contribution is 0.103. The summed E-state index contributed by atoms with van der Waals surface area (Å²) >= 11 is 0. The van der Waals surface area contributed by atoms with Crippen molar-refractivity contribution in [3.05, 3.63) is 71.3 Å². The van der Waals surface area contributed by atoms with E-state index < -0.39 is 0 Å². The molecule has 0 N–H and O–H groups in total. The van der Waals surface area contributed by atoms with Gasteiger partial charge >= 0.3 is 0 Å². The van der Waals surface area contributed by atoms with Crippen molar-refractivity contribution in [1.29, 1.82) is 0 Å². The van der Waals surface area contributed by atoms with Crippen LogP contribution in [0.25, 0.3) is 0 Å². The van der Waals surface area contributed by atoms with Gasteiger partial charge in [0, 0.05) is 11.1 Å². The third kappa shape index (κ3) is 2.51. The molecule has 0 aliphatic rings. The first kappa shape index (κ1) is 12.6. The van der Waals surface area contributed by atoms with E-state index in [0.717, 1.165) is 16.7 Å². The molecule has 1 nitrogen and oxygen atoms in total. The van der Waals surface area contributed by atoms with E-state index in [1.807, 2.05) is 54.6 Å². The van der Waals surface area contributed by atoms with Gasteiger partial charge in [-0.25, -0.2) is 0 Å². The van der Waals surface area contributed by atoms with Gasteiger partial charge < -0.3 is 0 Å². The normalized spacial score (nSPS) is 11.3. The minimum atomic E-state index is -0.0268. The standard InChI is InChI=1S/C17H18O/c1-17(2,3)15-12-8-7-11-14(15)16(18)13-9-5-4-6-10-13/h4-12H,1-3H3. The van der Waals surface area contributed by atoms with E-state index in [4.69, 9.17) is 0 Å². The number of ketones is 1. The summed E-state index contributed by atoms with van der Waals surface area (Å²) in [6.45, 7) is 6.39. The lowest BCUT2D eigenvalue weighted by Crippen LogP contribution is -2.17. The second-order valence-corrected chi connectivity index (χ2v) is 5.49. The highest BCUT2D eigenvalue weighted by molar-refractivity contribution is 6.10. The van der Waals surface area contributed by atoms with Gasteiger partial charge in [-0.05, 0) is 11.0 Å². The first-order valence-electron chi connectivity index (χ1n) is 6.19. The minimum absolute atomic E-state index is 0.0268. The molecular weight excluding hydrogens is 220 g/mol. The molecule has 0 spiro atoms. The first-order chi connectivity index (χ1) is 8.50. The Morgan fingerprint density at radius 1 is 0.833 bits per heavy atom. The Bertz CT molecular complexity index is 547. The second-order valence-electron chi connectivity index (χ2n) is 5.49. The molecule has 0 radical (unpaired) electrons. The number of rotatable bonds is 2. The Morgan fingerprint density at radius 3 is 2.00 bits per heavy atom. The fourth-order valence-corrected chi connectivity index (χ4v) is 2.08. The largest absolute Gasteiger partial charge is 0.289 e. The van der Waals surface area contributed by atoms with Crippen LogP contribution in [0.3, 0.4) is 0 Å². The van der Waals surface area contributed by atoms with Gasteiger partial charge in [0.15, 0.2) is 5.78 Å². The SMILES string of the molecule is CC(C)(C)c1ccccc1C(=O)c1ccccc1. The van der Waals surface area contributed by atoms with Crippen LogP contribution in [0, 0.1) is 0 Å². The van der Waals surface area contributed by atoms with Crippen LogP contribution in [-0.2, 0) is 5.41 Å². The monoisotopic (exact) mass is 238 g/mol. The van der Waals surface area contributed by atoms with E-state index >= 15 is 0 Å². The Morgan fingerprint density at radius 2 is 1.39 bits per heavy atom. The number of carbonyl (C=O) groups excluding carboxylic acids is 1. The average Bonchev–Trinajstić information content (AvgIpc) is 2.38. The average molecular weight is 238 g/mol. The Labute approximate surface area is 108 Å². The topological polar surface area (TPSA) is 17.1 Å². The van der Waals surface area contributed by atoms with Crippen LogP contribution in [0.2, 0.25) is 0 Å². The third-order valence-electron chi connectivity index (χ3n) is 3.02. The van der Waals surface area contributed by atoms with Gasteiger partial charge in [-0.3, -0.25) is 4.79 Å². The van der Waals surface area contributed by atoms with Crippen molar-refractivity contribution in [1.82, 2.24) is 0 Å². The van der Waals surface area contributed by atoms with Crippen LogP contribution in [0.5, 0.6) is 0 Å². The predicted molar refractivity (Wildman–Crippen MR) is 75.0 cm³/mol. The number of carbonyl (C=O) groups is 1. The minimum Gasteiger partial charge on any atom is -0.289 e. The highest BCUT2D eigenvalue weighted by Gasteiger charge is 2.21. The summed E-state index contributed by atoms with van der Waals surface area (Å²) in [6, 6.07) is 17.3. The molecule has 0 unspecified atom stereocenters. The molecule has 92 valence electrons. The van der Waals surface area contributed by atoms with Gasteiger partial charge in [-0.2, -0.15) is 0 Å². The van der Waals surface area contributed by atoms with Crippen molar-refractivity contribution in [3.63, 3.8) is 0 Å². The fourth-order valence-electron chi connectivity index (χ4n) is 2.08. The van der Waals surface area contributed by atoms with Crippen LogP contribution < -0.4 is 0 Å². The van der Waals surface area contributed by atoms with E-state index in [0.29, 0.717) is 0 Å². The molecule has 1 heteroatoms. The van der Waals surface area contributed by atoms with E-state index in [1.165, 1.54) is 0 Å². The van der Waals surface area contributed by atoms with Gasteiger partial charge in [-0.15, -0.1) is 0 Å². The quantitative estimate of drug-likeness (QED) is 0.716.